The summed E-state index contributed by atoms with van der Waals surface area (Å²) in [5, 5.41) is 7.56. The summed E-state index contributed by atoms with van der Waals surface area (Å²) < 4.78 is 23.8. The lowest BCUT2D eigenvalue weighted by atomic mass is 10.3. The van der Waals surface area contributed by atoms with E-state index in [0.29, 0.717) is 5.69 Å². The second kappa shape index (κ2) is 9.21. The number of ether oxygens (including phenoxy) is 2. The second-order valence-corrected chi connectivity index (χ2v) is 5.30. The molecule has 9 heteroatoms. The van der Waals surface area contributed by atoms with Gasteiger partial charge in [0.05, 0.1) is 25.5 Å². The minimum absolute atomic E-state index is 0.174. The molecule has 0 aliphatic heterocycles. The van der Waals surface area contributed by atoms with Gasteiger partial charge in [0, 0.05) is 24.0 Å². The van der Waals surface area contributed by atoms with E-state index >= 15 is 0 Å². The van der Waals surface area contributed by atoms with E-state index in [0.717, 1.165) is 6.07 Å². The standard InChI is InChI=1S/C17H19FN4O4/c1-11(9-20-17(24)25-2)26-15-7-12(18)6-14(8-15)22-16(23)21-13-4-3-5-19-10-13/h3-8,10-11H,9H2,1-2H3,(H,20,24)(H2,21,22,23)/t11-/m0/s1. The molecule has 3 N–H and O–H groups in total. The van der Waals surface area contributed by atoms with Gasteiger partial charge in [-0.25, -0.2) is 14.0 Å². The first kappa shape index (κ1) is 19.0. The lowest BCUT2D eigenvalue weighted by Gasteiger charge is -2.16. The number of hydrogen-bond donors (Lipinski definition) is 3. The molecule has 0 aliphatic carbocycles. The number of methoxy groups -OCH3 is 1. The van der Waals surface area contributed by atoms with Crippen molar-refractivity contribution in [1.82, 2.24) is 10.3 Å². The van der Waals surface area contributed by atoms with Crippen molar-refractivity contribution in [2.75, 3.05) is 24.3 Å². The molecular formula is C17H19FN4O4. The number of alkyl carbamates (subject to hydrolysis) is 1. The summed E-state index contributed by atoms with van der Waals surface area (Å²) in [5.41, 5.74) is 0.718. The van der Waals surface area contributed by atoms with Crippen LogP contribution in [0.4, 0.5) is 25.4 Å². The summed E-state index contributed by atoms with van der Waals surface area (Å²) in [5.74, 6) is -0.367. The lowest BCUT2D eigenvalue weighted by Crippen LogP contribution is -2.33. The molecule has 0 saturated heterocycles. The number of rotatable bonds is 6. The van der Waals surface area contributed by atoms with Crippen LogP contribution < -0.4 is 20.7 Å². The average Bonchev–Trinajstić information content (AvgIpc) is 2.59. The Labute approximate surface area is 149 Å². The third-order valence-corrected chi connectivity index (χ3v) is 3.11. The maximum absolute atomic E-state index is 13.8. The third kappa shape index (κ3) is 6.27. The number of carbonyl (C=O) groups is 2. The molecule has 0 aliphatic rings. The largest absolute Gasteiger partial charge is 0.489 e. The van der Waals surface area contributed by atoms with E-state index in [2.05, 4.69) is 25.7 Å². The first-order valence-corrected chi connectivity index (χ1v) is 7.73. The highest BCUT2D eigenvalue weighted by atomic mass is 19.1. The molecule has 0 fully saturated rings. The molecule has 0 radical (unpaired) electrons. The number of amides is 3. The molecule has 1 heterocycles. The van der Waals surface area contributed by atoms with Gasteiger partial charge >= 0.3 is 12.1 Å². The first-order valence-electron chi connectivity index (χ1n) is 7.73. The van der Waals surface area contributed by atoms with E-state index in [4.69, 9.17) is 4.74 Å². The van der Waals surface area contributed by atoms with E-state index in [1.807, 2.05) is 0 Å². The number of halogens is 1. The fraction of sp³-hybridized carbons (Fsp3) is 0.235. The Bertz CT molecular complexity index is 758. The Morgan fingerprint density at radius 2 is 2.00 bits per heavy atom. The highest BCUT2D eigenvalue weighted by molar-refractivity contribution is 5.99. The zero-order valence-electron chi connectivity index (χ0n) is 14.3. The maximum atomic E-state index is 13.8. The van der Waals surface area contributed by atoms with Gasteiger partial charge in [-0.2, -0.15) is 0 Å². The van der Waals surface area contributed by atoms with E-state index in [1.54, 1.807) is 25.3 Å². The average molecular weight is 362 g/mol. The van der Waals surface area contributed by atoms with Crippen molar-refractivity contribution < 1.29 is 23.5 Å². The van der Waals surface area contributed by atoms with E-state index in [-0.39, 0.29) is 18.0 Å². The molecule has 1 atom stereocenters. The zero-order valence-corrected chi connectivity index (χ0v) is 14.3. The fourth-order valence-electron chi connectivity index (χ4n) is 2.01. The number of benzene rings is 1. The van der Waals surface area contributed by atoms with Crippen LogP contribution in [-0.2, 0) is 4.74 Å². The number of anilines is 2. The number of hydrogen-bond acceptors (Lipinski definition) is 5. The minimum atomic E-state index is -0.589. The summed E-state index contributed by atoms with van der Waals surface area (Å²) >= 11 is 0. The Morgan fingerprint density at radius 1 is 1.23 bits per heavy atom. The molecule has 1 aromatic heterocycles. The monoisotopic (exact) mass is 362 g/mol. The van der Waals surface area contributed by atoms with Crippen LogP contribution in [0.25, 0.3) is 0 Å². The number of pyridine rings is 1. The van der Waals surface area contributed by atoms with Gasteiger partial charge in [-0.05, 0) is 25.1 Å². The normalized spacial score (nSPS) is 11.2. The van der Waals surface area contributed by atoms with Crippen molar-refractivity contribution in [3.8, 4) is 5.75 Å². The zero-order chi connectivity index (χ0) is 18.9. The number of urea groups is 1. The number of nitrogens with one attached hydrogen (secondary N) is 3. The fourth-order valence-corrected chi connectivity index (χ4v) is 2.01. The lowest BCUT2D eigenvalue weighted by molar-refractivity contribution is 0.160. The molecule has 138 valence electrons. The Hall–Kier alpha value is -3.36. The van der Waals surface area contributed by atoms with Crippen molar-refractivity contribution in [3.63, 3.8) is 0 Å². The van der Waals surface area contributed by atoms with Crippen LogP contribution in [0, 0.1) is 5.82 Å². The van der Waals surface area contributed by atoms with Gasteiger partial charge in [-0.1, -0.05) is 0 Å². The predicted molar refractivity (Wildman–Crippen MR) is 93.8 cm³/mol. The van der Waals surface area contributed by atoms with Crippen LogP contribution in [-0.4, -0.2) is 36.9 Å². The van der Waals surface area contributed by atoms with Crippen LogP contribution >= 0.6 is 0 Å². The van der Waals surface area contributed by atoms with Crippen LogP contribution in [0.5, 0.6) is 5.75 Å². The summed E-state index contributed by atoms with van der Waals surface area (Å²) in [6.45, 7) is 1.87. The molecule has 2 aromatic rings. The van der Waals surface area contributed by atoms with Crippen molar-refractivity contribution in [3.05, 3.63) is 48.5 Å². The molecule has 0 unspecified atom stereocenters. The number of nitrogens with zero attached hydrogens (tertiary/aromatic N) is 1. The summed E-state index contributed by atoms with van der Waals surface area (Å²) in [6, 6.07) is 6.61. The van der Waals surface area contributed by atoms with Crippen molar-refractivity contribution >= 4 is 23.5 Å². The molecule has 1 aromatic carbocycles. The van der Waals surface area contributed by atoms with Crippen LogP contribution in [0.15, 0.2) is 42.7 Å². The van der Waals surface area contributed by atoms with Gasteiger partial charge < -0.3 is 25.4 Å². The van der Waals surface area contributed by atoms with Crippen molar-refractivity contribution in [2.24, 2.45) is 0 Å². The van der Waals surface area contributed by atoms with Gasteiger partial charge in [-0.15, -0.1) is 0 Å². The van der Waals surface area contributed by atoms with Crippen molar-refractivity contribution in [1.29, 1.82) is 0 Å². The molecule has 0 spiro atoms. The molecule has 8 nitrogen and oxygen atoms in total. The van der Waals surface area contributed by atoms with Gasteiger partial charge in [0.1, 0.15) is 17.7 Å². The number of aromatic nitrogens is 1. The summed E-state index contributed by atoms with van der Waals surface area (Å²) in [7, 11) is 1.25. The molecule has 26 heavy (non-hydrogen) atoms. The maximum Gasteiger partial charge on any atom is 0.406 e. The van der Waals surface area contributed by atoms with E-state index in [9.17, 15) is 14.0 Å². The second-order valence-electron chi connectivity index (χ2n) is 5.30. The molecule has 0 saturated carbocycles. The predicted octanol–water partition coefficient (Wildman–Crippen LogP) is 2.99. The Morgan fingerprint density at radius 3 is 2.69 bits per heavy atom. The van der Waals surface area contributed by atoms with Crippen LogP contribution in [0.2, 0.25) is 0 Å². The molecule has 3 amide bonds. The molecule has 0 bridgehead atoms. The topological polar surface area (TPSA) is 102 Å². The smallest absolute Gasteiger partial charge is 0.406 e. The quantitative estimate of drug-likeness (QED) is 0.733. The summed E-state index contributed by atoms with van der Waals surface area (Å²) in [4.78, 5) is 26.9. The van der Waals surface area contributed by atoms with E-state index in [1.165, 1.54) is 25.4 Å². The molecular weight excluding hydrogens is 343 g/mol. The van der Waals surface area contributed by atoms with Crippen LogP contribution in [0.3, 0.4) is 0 Å². The highest BCUT2D eigenvalue weighted by Crippen LogP contribution is 2.21. The van der Waals surface area contributed by atoms with Gasteiger partial charge in [0.2, 0.25) is 0 Å². The van der Waals surface area contributed by atoms with E-state index < -0.39 is 24.0 Å². The minimum Gasteiger partial charge on any atom is -0.489 e. The number of carbonyl (C=O) groups excluding carboxylic acids is 2. The Balaban J connectivity index is 1.95. The molecule has 2 rings (SSSR count). The SMILES string of the molecule is COC(=O)NC[C@H](C)Oc1cc(F)cc(NC(=O)Nc2cccnc2)c1. The Kier molecular flexibility index (Phi) is 6.72. The van der Waals surface area contributed by atoms with Crippen molar-refractivity contribution in [2.45, 2.75) is 13.0 Å². The highest BCUT2D eigenvalue weighted by Gasteiger charge is 2.10. The third-order valence-electron chi connectivity index (χ3n) is 3.11. The van der Waals surface area contributed by atoms with Gasteiger partial charge in [0.25, 0.3) is 0 Å². The summed E-state index contributed by atoms with van der Waals surface area (Å²) in [6.07, 6.45) is 2.03. The van der Waals surface area contributed by atoms with Gasteiger partial charge in [-0.3, -0.25) is 4.98 Å². The van der Waals surface area contributed by atoms with Crippen LogP contribution in [0.1, 0.15) is 6.92 Å². The first-order chi connectivity index (χ1) is 12.5. The van der Waals surface area contributed by atoms with Gasteiger partial charge in [0.15, 0.2) is 0 Å².